The maximum absolute atomic E-state index is 9.84. The molecular weight excluding hydrogens is 204 g/mol. The Bertz CT molecular complexity index is 316. The Morgan fingerprint density at radius 2 is 2.00 bits per heavy atom. The fourth-order valence-electron chi connectivity index (χ4n) is 1.40. The standard InChI is InChI=1S/C13H18OS/c1-4-15-12-7-5-11(6-8-12)13(14)9-10(2)3/h5-8,13-14H,2,4,9H2,1,3H3. The topological polar surface area (TPSA) is 20.2 Å². The van der Waals surface area contributed by atoms with Crippen LogP contribution < -0.4 is 0 Å². The van der Waals surface area contributed by atoms with Gasteiger partial charge >= 0.3 is 0 Å². The maximum atomic E-state index is 9.84. The van der Waals surface area contributed by atoms with Gasteiger partial charge in [-0.05, 0) is 36.8 Å². The average Bonchev–Trinajstić information content (AvgIpc) is 2.18. The molecule has 0 aliphatic rings. The fourth-order valence-corrected chi connectivity index (χ4v) is 2.06. The van der Waals surface area contributed by atoms with Crippen molar-refractivity contribution in [3.05, 3.63) is 42.0 Å². The number of rotatable bonds is 5. The number of thioether (sulfide) groups is 1. The fraction of sp³-hybridized carbons (Fsp3) is 0.385. The number of hydrogen-bond donors (Lipinski definition) is 1. The third kappa shape index (κ3) is 4.10. The molecule has 1 rings (SSSR count). The normalized spacial score (nSPS) is 12.5. The van der Waals surface area contributed by atoms with E-state index in [1.54, 1.807) is 0 Å². The molecule has 15 heavy (non-hydrogen) atoms. The summed E-state index contributed by atoms with van der Waals surface area (Å²) in [6.07, 6.45) is 0.225. The van der Waals surface area contributed by atoms with Crippen LogP contribution in [0.4, 0.5) is 0 Å². The molecule has 0 spiro atoms. The first-order valence-electron chi connectivity index (χ1n) is 5.18. The second kappa shape index (κ2) is 5.99. The van der Waals surface area contributed by atoms with Gasteiger partial charge in [-0.1, -0.05) is 24.6 Å². The molecular formula is C13H18OS. The van der Waals surface area contributed by atoms with Crippen LogP contribution in [-0.2, 0) is 0 Å². The van der Waals surface area contributed by atoms with Gasteiger partial charge in [0.25, 0.3) is 0 Å². The van der Waals surface area contributed by atoms with Gasteiger partial charge in [-0.15, -0.1) is 18.3 Å². The zero-order valence-corrected chi connectivity index (χ0v) is 10.2. The van der Waals surface area contributed by atoms with E-state index in [2.05, 4.69) is 25.6 Å². The van der Waals surface area contributed by atoms with E-state index in [1.165, 1.54) is 4.90 Å². The molecule has 1 N–H and O–H groups in total. The predicted octanol–water partition coefficient (Wildman–Crippen LogP) is 3.80. The van der Waals surface area contributed by atoms with E-state index in [9.17, 15) is 5.11 Å². The number of hydrogen-bond acceptors (Lipinski definition) is 2. The molecule has 1 atom stereocenters. The van der Waals surface area contributed by atoms with Crippen LogP contribution in [0, 0.1) is 0 Å². The Kier molecular flexibility index (Phi) is 4.92. The van der Waals surface area contributed by atoms with Crippen LogP contribution in [0.15, 0.2) is 41.3 Å². The van der Waals surface area contributed by atoms with Gasteiger partial charge in [-0.25, -0.2) is 0 Å². The Hall–Kier alpha value is -0.730. The highest BCUT2D eigenvalue weighted by Gasteiger charge is 2.06. The van der Waals surface area contributed by atoms with E-state index in [0.29, 0.717) is 6.42 Å². The molecule has 1 unspecified atom stereocenters. The molecule has 82 valence electrons. The zero-order valence-electron chi connectivity index (χ0n) is 9.36. The Labute approximate surface area is 96.2 Å². The Balaban J connectivity index is 2.66. The lowest BCUT2D eigenvalue weighted by atomic mass is 10.0. The van der Waals surface area contributed by atoms with Crippen molar-refractivity contribution in [1.82, 2.24) is 0 Å². The van der Waals surface area contributed by atoms with Crippen molar-refractivity contribution in [1.29, 1.82) is 0 Å². The van der Waals surface area contributed by atoms with Crippen molar-refractivity contribution in [2.24, 2.45) is 0 Å². The summed E-state index contributed by atoms with van der Waals surface area (Å²) < 4.78 is 0. The van der Waals surface area contributed by atoms with Gasteiger partial charge < -0.3 is 5.11 Å². The smallest absolute Gasteiger partial charge is 0.0826 e. The molecule has 2 heteroatoms. The van der Waals surface area contributed by atoms with Crippen LogP contribution >= 0.6 is 11.8 Å². The van der Waals surface area contributed by atoms with Gasteiger partial charge in [0.05, 0.1) is 6.10 Å². The van der Waals surface area contributed by atoms with E-state index in [1.807, 2.05) is 30.8 Å². The highest BCUT2D eigenvalue weighted by atomic mass is 32.2. The first-order chi connectivity index (χ1) is 7.13. The molecule has 0 heterocycles. The maximum Gasteiger partial charge on any atom is 0.0826 e. The SMILES string of the molecule is C=C(C)CC(O)c1ccc(SCC)cc1. The van der Waals surface area contributed by atoms with Crippen molar-refractivity contribution >= 4 is 11.8 Å². The lowest BCUT2D eigenvalue weighted by molar-refractivity contribution is 0.178. The minimum Gasteiger partial charge on any atom is -0.388 e. The number of aliphatic hydroxyl groups is 1. The van der Waals surface area contributed by atoms with Crippen LogP contribution in [0.25, 0.3) is 0 Å². The summed E-state index contributed by atoms with van der Waals surface area (Å²) in [7, 11) is 0. The molecule has 0 aliphatic heterocycles. The van der Waals surface area contributed by atoms with Crippen LogP contribution in [0.3, 0.4) is 0 Å². The van der Waals surface area contributed by atoms with Gasteiger partial charge in [-0.3, -0.25) is 0 Å². The summed E-state index contributed by atoms with van der Waals surface area (Å²) in [5.41, 5.74) is 1.98. The zero-order chi connectivity index (χ0) is 11.3. The molecule has 1 aromatic rings. The van der Waals surface area contributed by atoms with Crippen molar-refractivity contribution in [3.8, 4) is 0 Å². The summed E-state index contributed by atoms with van der Waals surface area (Å²) in [5.74, 6) is 1.08. The third-order valence-corrected chi connectivity index (χ3v) is 3.01. The van der Waals surface area contributed by atoms with Gasteiger partial charge in [0, 0.05) is 4.90 Å². The largest absolute Gasteiger partial charge is 0.388 e. The summed E-state index contributed by atoms with van der Waals surface area (Å²) in [6, 6.07) is 8.10. The molecule has 0 bridgehead atoms. The average molecular weight is 222 g/mol. The highest BCUT2D eigenvalue weighted by Crippen LogP contribution is 2.23. The van der Waals surface area contributed by atoms with Crippen molar-refractivity contribution in [2.75, 3.05) is 5.75 Å². The number of aliphatic hydroxyl groups excluding tert-OH is 1. The summed E-state index contributed by atoms with van der Waals surface area (Å²) in [6.45, 7) is 7.87. The summed E-state index contributed by atoms with van der Waals surface area (Å²) >= 11 is 1.81. The van der Waals surface area contributed by atoms with E-state index < -0.39 is 6.10 Å². The van der Waals surface area contributed by atoms with Crippen LogP contribution in [0.1, 0.15) is 31.9 Å². The van der Waals surface area contributed by atoms with E-state index >= 15 is 0 Å². The Morgan fingerprint density at radius 1 is 1.40 bits per heavy atom. The van der Waals surface area contributed by atoms with Crippen LogP contribution in [-0.4, -0.2) is 10.9 Å². The van der Waals surface area contributed by atoms with Gasteiger partial charge in [0.1, 0.15) is 0 Å². The van der Waals surface area contributed by atoms with E-state index in [-0.39, 0.29) is 0 Å². The molecule has 1 nitrogen and oxygen atoms in total. The van der Waals surface area contributed by atoms with Gasteiger partial charge in [-0.2, -0.15) is 0 Å². The molecule has 0 radical (unpaired) electrons. The summed E-state index contributed by atoms with van der Waals surface area (Å²) in [4.78, 5) is 1.25. The first kappa shape index (κ1) is 12.3. The summed E-state index contributed by atoms with van der Waals surface area (Å²) in [5, 5.41) is 9.84. The van der Waals surface area contributed by atoms with Crippen LogP contribution in [0.5, 0.6) is 0 Å². The second-order valence-electron chi connectivity index (χ2n) is 3.68. The quantitative estimate of drug-likeness (QED) is 0.604. The minimum atomic E-state index is -0.414. The molecule has 0 saturated carbocycles. The number of benzene rings is 1. The van der Waals surface area contributed by atoms with E-state index in [4.69, 9.17) is 0 Å². The minimum absolute atomic E-state index is 0.414. The lowest BCUT2D eigenvalue weighted by Gasteiger charge is -2.11. The van der Waals surface area contributed by atoms with Crippen molar-refractivity contribution in [3.63, 3.8) is 0 Å². The molecule has 0 fully saturated rings. The molecule has 1 aromatic carbocycles. The van der Waals surface area contributed by atoms with E-state index in [0.717, 1.165) is 16.9 Å². The predicted molar refractivity (Wildman–Crippen MR) is 67.2 cm³/mol. The second-order valence-corrected chi connectivity index (χ2v) is 5.02. The lowest BCUT2D eigenvalue weighted by Crippen LogP contribution is -1.97. The molecule has 0 saturated heterocycles. The van der Waals surface area contributed by atoms with Crippen molar-refractivity contribution < 1.29 is 5.11 Å². The van der Waals surface area contributed by atoms with Crippen LogP contribution in [0.2, 0.25) is 0 Å². The first-order valence-corrected chi connectivity index (χ1v) is 6.17. The third-order valence-electron chi connectivity index (χ3n) is 2.12. The Morgan fingerprint density at radius 3 is 2.47 bits per heavy atom. The van der Waals surface area contributed by atoms with Crippen molar-refractivity contribution in [2.45, 2.75) is 31.3 Å². The monoisotopic (exact) mass is 222 g/mol. The van der Waals surface area contributed by atoms with Gasteiger partial charge in [0.2, 0.25) is 0 Å². The van der Waals surface area contributed by atoms with Gasteiger partial charge in [0.15, 0.2) is 0 Å². The molecule has 0 amide bonds. The highest BCUT2D eigenvalue weighted by molar-refractivity contribution is 7.99. The molecule has 0 aliphatic carbocycles. The molecule has 0 aromatic heterocycles.